The second-order valence-electron chi connectivity index (χ2n) is 10.2. The molecule has 6 heteroatoms. The first-order valence-electron chi connectivity index (χ1n) is 12.9. The monoisotopic (exact) mass is 481 g/mol. The van der Waals surface area contributed by atoms with Crippen molar-refractivity contribution in [2.24, 2.45) is 16.9 Å². The van der Waals surface area contributed by atoms with E-state index in [0.717, 1.165) is 40.9 Å². The lowest BCUT2D eigenvalue weighted by Crippen LogP contribution is -2.40. The van der Waals surface area contributed by atoms with Crippen LogP contribution < -0.4 is 15.5 Å². The van der Waals surface area contributed by atoms with Crippen molar-refractivity contribution in [2.75, 3.05) is 10.7 Å². The Labute approximate surface area is 211 Å². The molecule has 184 valence electrons. The Bertz CT molecular complexity index is 1310. The molecule has 6 nitrogen and oxygen atoms in total. The molecule has 0 saturated heterocycles. The third kappa shape index (κ3) is 4.11. The fraction of sp³-hybridized carbons (Fsp3) is 0.333. The molecule has 2 aliphatic carbocycles. The normalized spacial score (nSPS) is 21.1. The molecule has 1 aliphatic heterocycles. The molecule has 0 aromatic heterocycles. The predicted molar refractivity (Wildman–Crippen MR) is 142 cm³/mol. The lowest BCUT2D eigenvalue weighted by molar-refractivity contribution is 0.0696. The van der Waals surface area contributed by atoms with Crippen molar-refractivity contribution < 1.29 is 14.6 Å². The predicted octanol–water partition coefficient (Wildman–Crippen LogP) is 5.89. The SMILES string of the molecule is Nc1ccc(N2N=C3c4ccc(C(=O)O)cc4CCC3C2C2CCCC2)cc1OCc1ccccc1. The van der Waals surface area contributed by atoms with Gasteiger partial charge in [0.2, 0.25) is 0 Å². The average Bonchev–Trinajstić information content (AvgIpc) is 3.56. The number of nitrogens with zero attached hydrogens (tertiary/aromatic N) is 2. The minimum atomic E-state index is -0.886. The summed E-state index contributed by atoms with van der Waals surface area (Å²) in [4.78, 5) is 11.5. The van der Waals surface area contributed by atoms with E-state index < -0.39 is 5.97 Å². The molecular weight excluding hydrogens is 450 g/mol. The Kier molecular flexibility index (Phi) is 5.88. The summed E-state index contributed by atoms with van der Waals surface area (Å²) in [5.41, 5.74) is 12.6. The molecule has 0 radical (unpaired) electrons. The van der Waals surface area contributed by atoms with E-state index in [0.29, 0.717) is 41.5 Å². The van der Waals surface area contributed by atoms with Gasteiger partial charge in [0.05, 0.1) is 28.7 Å². The Hall–Kier alpha value is -3.80. The Balaban J connectivity index is 1.35. The summed E-state index contributed by atoms with van der Waals surface area (Å²) in [7, 11) is 0. The van der Waals surface area contributed by atoms with Crippen molar-refractivity contribution in [3.63, 3.8) is 0 Å². The molecule has 2 unspecified atom stereocenters. The summed E-state index contributed by atoms with van der Waals surface area (Å²) >= 11 is 0. The van der Waals surface area contributed by atoms with E-state index in [2.05, 4.69) is 5.01 Å². The molecule has 0 amide bonds. The van der Waals surface area contributed by atoms with Crippen molar-refractivity contribution in [1.29, 1.82) is 0 Å². The number of anilines is 2. The number of aromatic carboxylic acids is 1. The van der Waals surface area contributed by atoms with E-state index >= 15 is 0 Å². The fourth-order valence-electron chi connectivity index (χ4n) is 6.23. The van der Waals surface area contributed by atoms with Gasteiger partial charge in [0.15, 0.2) is 0 Å². The van der Waals surface area contributed by atoms with Crippen molar-refractivity contribution >= 4 is 23.1 Å². The van der Waals surface area contributed by atoms with Crippen molar-refractivity contribution in [1.82, 2.24) is 0 Å². The lowest BCUT2D eigenvalue weighted by Gasteiger charge is -2.34. The van der Waals surface area contributed by atoms with Gasteiger partial charge in [-0.15, -0.1) is 0 Å². The van der Waals surface area contributed by atoms with Crippen LogP contribution in [0.1, 0.15) is 59.2 Å². The van der Waals surface area contributed by atoms with Gasteiger partial charge in [-0.25, -0.2) is 4.79 Å². The number of benzene rings is 3. The highest BCUT2D eigenvalue weighted by molar-refractivity contribution is 6.07. The average molecular weight is 482 g/mol. The molecule has 2 atom stereocenters. The number of hydrogen-bond donors (Lipinski definition) is 2. The molecule has 3 N–H and O–H groups in total. The molecule has 3 aliphatic rings. The molecule has 3 aromatic carbocycles. The standard InChI is InChI=1S/C30H31N3O3/c31-26-15-12-23(17-27(26)36-18-19-6-2-1-3-7-19)33-29(20-8-4-5-9-20)25-14-10-21-16-22(30(34)35)11-13-24(21)28(25)32-33/h1-3,6-7,11-13,15-17,20,25,29H,4-5,8-10,14,18,31H2,(H,34,35). The van der Waals surface area contributed by atoms with Gasteiger partial charge in [0, 0.05) is 17.5 Å². The first-order valence-corrected chi connectivity index (χ1v) is 12.9. The smallest absolute Gasteiger partial charge is 0.335 e. The van der Waals surface area contributed by atoms with Gasteiger partial charge in [0.25, 0.3) is 0 Å². The van der Waals surface area contributed by atoms with Gasteiger partial charge in [-0.05, 0) is 67.0 Å². The van der Waals surface area contributed by atoms with Gasteiger partial charge < -0.3 is 15.6 Å². The number of carboxylic acids is 1. The van der Waals surface area contributed by atoms with Gasteiger partial charge in [0.1, 0.15) is 12.4 Å². The van der Waals surface area contributed by atoms with Crippen LogP contribution in [0.5, 0.6) is 5.75 Å². The van der Waals surface area contributed by atoms with Gasteiger partial charge in [-0.3, -0.25) is 5.01 Å². The summed E-state index contributed by atoms with van der Waals surface area (Å²) in [6.07, 6.45) is 6.84. The number of carboxylic acid groups (broad SMARTS) is 1. The van der Waals surface area contributed by atoms with Crippen LogP contribution in [0, 0.1) is 11.8 Å². The molecule has 36 heavy (non-hydrogen) atoms. The van der Waals surface area contributed by atoms with Gasteiger partial charge in [-0.2, -0.15) is 5.10 Å². The van der Waals surface area contributed by atoms with Crippen molar-refractivity contribution in [3.8, 4) is 5.75 Å². The number of rotatable bonds is 6. The number of hydrogen-bond acceptors (Lipinski definition) is 5. The lowest BCUT2D eigenvalue weighted by atomic mass is 9.75. The zero-order valence-electron chi connectivity index (χ0n) is 20.3. The van der Waals surface area contributed by atoms with E-state index in [1.54, 1.807) is 6.07 Å². The molecular formula is C30H31N3O3. The number of ether oxygens (including phenoxy) is 1. The van der Waals surface area contributed by atoms with E-state index in [-0.39, 0.29) is 0 Å². The maximum absolute atomic E-state index is 11.5. The highest BCUT2D eigenvalue weighted by atomic mass is 16.5. The van der Waals surface area contributed by atoms with Crippen LogP contribution in [0.3, 0.4) is 0 Å². The molecule has 0 spiro atoms. The highest BCUT2D eigenvalue weighted by Gasteiger charge is 2.45. The first kappa shape index (κ1) is 22.7. The molecule has 1 saturated carbocycles. The van der Waals surface area contributed by atoms with Crippen molar-refractivity contribution in [2.45, 2.75) is 51.2 Å². The number of nitrogen functional groups attached to an aromatic ring is 1. The maximum atomic E-state index is 11.5. The van der Waals surface area contributed by atoms with Crippen LogP contribution in [0.15, 0.2) is 71.8 Å². The molecule has 0 bridgehead atoms. The van der Waals surface area contributed by atoms with Crippen LogP contribution in [-0.4, -0.2) is 22.8 Å². The number of aryl methyl sites for hydroxylation is 1. The quantitative estimate of drug-likeness (QED) is 0.429. The van der Waals surface area contributed by atoms with E-state index in [1.165, 1.54) is 25.7 Å². The third-order valence-electron chi connectivity index (χ3n) is 8.00. The molecule has 6 rings (SSSR count). The van der Waals surface area contributed by atoms with Crippen LogP contribution in [0.2, 0.25) is 0 Å². The summed E-state index contributed by atoms with van der Waals surface area (Å²) in [6.45, 7) is 0.455. The van der Waals surface area contributed by atoms with Gasteiger partial charge >= 0.3 is 5.97 Å². The Morgan fingerprint density at radius 3 is 2.61 bits per heavy atom. The van der Waals surface area contributed by atoms with Crippen LogP contribution >= 0.6 is 0 Å². The Morgan fingerprint density at radius 1 is 1.03 bits per heavy atom. The third-order valence-corrected chi connectivity index (χ3v) is 8.00. The Morgan fingerprint density at radius 2 is 1.83 bits per heavy atom. The summed E-state index contributed by atoms with van der Waals surface area (Å²) in [5, 5.41) is 16.9. The number of nitrogens with two attached hydrogens (primary N) is 1. The first-order chi connectivity index (χ1) is 17.6. The number of hydrazone groups is 1. The molecule has 1 heterocycles. The zero-order chi connectivity index (χ0) is 24.6. The van der Waals surface area contributed by atoms with Gasteiger partial charge in [-0.1, -0.05) is 49.2 Å². The van der Waals surface area contributed by atoms with Crippen LogP contribution in [0.25, 0.3) is 0 Å². The summed E-state index contributed by atoms with van der Waals surface area (Å²) < 4.78 is 6.14. The number of carbonyl (C=O) groups is 1. The largest absolute Gasteiger partial charge is 0.487 e. The number of fused-ring (bicyclic) bond motifs is 3. The second kappa shape index (κ2) is 9.34. The fourth-order valence-corrected chi connectivity index (χ4v) is 6.23. The van der Waals surface area contributed by atoms with Crippen molar-refractivity contribution in [3.05, 3.63) is 89.0 Å². The molecule has 1 fully saturated rings. The molecule has 3 aromatic rings. The minimum Gasteiger partial charge on any atom is -0.487 e. The second-order valence-corrected chi connectivity index (χ2v) is 10.2. The summed E-state index contributed by atoms with van der Waals surface area (Å²) in [5.74, 6) is 0.705. The van der Waals surface area contributed by atoms with Crippen LogP contribution in [-0.2, 0) is 13.0 Å². The van der Waals surface area contributed by atoms with E-state index in [1.807, 2.05) is 60.7 Å². The van der Waals surface area contributed by atoms with Crippen LogP contribution in [0.4, 0.5) is 11.4 Å². The zero-order valence-corrected chi connectivity index (χ0v) is 20.3. The topological polar surface area (TPSA) is 88.2 Å². The summed E-state index contributed by atoms with van der Waals surface area (Å²) in [6, 6.07) is 21.8. The highest BCUT2D eigenvalue weighted by Crippen LogP contribution is 2.45. The maximum Gasteiger partial charge on any atom is 0.335 e. The van der Waals surface area contributed by atoms with E-state index in [4.69, 9.17) is 15.6 Å². The van der Waals surface area contributed by atoms with E-state index in [9.17, 15) is 9.90 Å². The minimum absolute atomic E-state index is 0.292.